The fourth-order valence-electron chi connectivity index (χ4n) is 3.78. The van der Waals surface area contributed by atoms with Gasteiger partial charge in [-0.15, -0.1) is 11.3 Å². The number of carbonyl (C=O) groups is 1. The molecule has 0 spiro atoms. The molecule has 1 aliphatic rings. The van der Waals surface area contributed by atoms with Crippen LogP contribution < -0.4 is 0 Å². The summed E-state index contributed by atoms with van der Waals surface area (Å²) in [6.45, 7) is 1.40. The molecule has 5 heterocycles. The normalized spacial score (nSPS) is 17.3. The van der Waals surface area contributed by atoms with Crippen LogP contribution in [0.3, 0.4) is 0 Å². The van der Waals surface area contributed by atoms with Crippen LogP contribution in [0.1, 0.15) is 35.1 Å². The topological polar surface area (TPSA) is 68.3 Å². The van der Waals surface area contributed by atoms with Crippen LogP contribution in [-0.4, -0.2) is 48.3 Å². The first-order chi connectivity index (χ1) is 13.7. The lowest BCUT2D eigenvalue weighted by Crippen LogP contribution is -2.40. The summed E-state index contributed by atoms with van der Waals surface area (Å²) in [5.74, 6) is 0.982. The van der Waals surface area contributed by atoms with E-state index in [2.05, 4.69) is 22.6 Å². The molecule has 0 N–H and O–H groups in total. The zero-order valence-electron chi connectivity index (χ0n) is 15.5. The lowest BCUT2D eigenvalue weighted by molar-refractivity contribution is 0.0693. The van der Waals surface area contributed by atoms with Crippen molar-refractivity contribution < 1.29 is 4.79 Å². The van der Waals surface area contributed by atoms with Crippen molar-refractivity contribution in [2.45, 2.75) is 18.8 Å². The van der Waals surface area contributed by atoms with E-state index in [4.69, 9.17) is 10.1 Å². The minimum atomic E-state index is 0.0217. The van der Waals surface area contributed by atoms with Crippen molar-refractivity contribution in [1.29, 1.82) is 0 Å². The minimum Gasteiger partial charge on any atom is -0.337 e. The zero-order chi connectivity index (χ0) is 19.1. The van der Waals surface area contributed by atoms with Crippen LogP contribution in [0.4, 0.5) is 0 Å². The molecule has 0 bridgehead atoms. The molecular formula is C20H20N6OS. The van der Waals surface area contributed by atoms with E-state index in [1.54, 1.807) is 35.3 Å². The number of aromatic nitrogens is 5. The number of pyridine rings is 1. The van der Waals surface area contributed by atoms with Gasteiger partial charge in [-0.1, -0.05) is 6.07 Å². The molecule has 1 atom stereocenters. The van der Waals surface area contributed by atoms with E-state index in [-0.39, 0.29) is 11.8 Å². The lowest BCUT2D eigenvalue weighted by atomic mass is 9.97. The van der Waals surface area contributed by atoms with Gasteiger partial charge in [0.25, 0.3) is 5.91 Å². The molecule has 0 radical (unpaired) electrons. The highest BCUT2D eigenvalue weighted by Crippen LogP contribution is 2.28. The van der Waals surface area contributed by atoms with E-state index in [1.807, 2.05) is 27.7 Å². The Morgan fingerprint density at radius 2 is 2.18 bits per heavy atom. The van der Waals surface area contributed by atoms with Crippen LogP contribution in [0.2, 0.25) is 0 Å². The van der Waals surface area contributed by atoms with Crippen LogP contribution in [0, 0.1) is 0 Å². The fraction of sp³-hybridized carbons (Fsp3) is 0.300. The molecule has 1 amide bonds. The lowest BCUT2D eigenvalue weighted by Gasteiger charge is -2.31. The Hall–Kier alpha value is -3.00. The van der Waals surface area contributed by atoms with Crippen LogP contribution in [0.15, 0.2) is 48.1 Å². The monoisotopic (exact) mass is 392 g/mol. The zero-order valence-corrected chi connectivity index (χ0v) is 16.3. The van der Waals surface area contributed by atoms with E-state index in [1.165, 1.54) is 4.88 Å². The van der Waals surface area contributed by atoms with Crippen molar-refractivity contribution in [2.24, 2.45) is 7.05 Å². The van der Waals surface area contributed by atoms with Crippen molar-refractivity contribution >= 4 is 22.9 Å². The molecule has 1 unspecified atom stereocenters. The summed E-state index contributed by atoms with van der Waals surface area (Å²) >= 11 is 1.71. The first kappa shape index (κ1) is 17.1. The first-order valence-electron chi connectivity index (χ1n) is 9.36. The Bertz CT molecular complexity index is 1130. The number of thiophene rings is 1. The maximum atomic E-state index is 12.8. The number of carbonyl (C=O) groups excluding carboxylic acids is 1. The van der Waals surface area contributed by atoms with Gasteiger partial charge in [0.15, 0.2) is 11.5 Å². The predicted molar refractivity (Wildman–Crippen MR) is 107 cm³/mol. The third-order valence-corrected chi connectivity index (χ3v) is 6.19. The van der Waals surface area contributed by atoms with Crippen molar-refractivity contribution in [1.82, 2.24) is 29.3 Å². The van der Waals surface area contributed by atoms with Crippen LogP contribution >= 0.6 is 11.3 Å². The van der Waals surface area contributed by atoms with E-state index < -0.39 is 0 Å². The molecule has 1 fully saturated rings. The maximum Gasteiger partial charge on any atom is 0.272 e. The Kier molecular flexibility index (Phi) is 4.20. The predicted octanol–water partition coefficient (Wildman–Crippen LogP) is 3.21. The van der Waals surface area contributed by atoms with Gasteiger partial charge in [0, 0.05) is 48.9 Å². The molecule has 142 valence electrons. The van der Waals surface area contributed by atoms with Gasteiger partial charge in [-0.05, 0) is 42.5 Å². The van der Waals surface area contributed by atoms with Gasteiger partial charge in [0.2, 0.25) is 0 Å². The van der Waals surface area contributed by atoms with Gasteiger partial charge in [0.1, 0.15) is 5.69 Å². The smallest absolute Gasteiger partial charge is 0.272 e. The van der Waals surface area contributed by atoms with Crippen molar-refractivity contribution in [2.75, 3.05) is 13.1 Å². The van der Waals surface area contributed by atoms with E-state index in [0.29, 0.717) is 12.2 Å². The number of rotatable bonds is 3. The average molecular weight is 392 g/mol. The number of amides is 1. The number of likely N-dealkylation sites (tertiary alicyclic amines) is 1. The maximum absolute atomic E-state index is 12.8. The molecule has 0 aliphatic carbocycles. The van der Waals surface area contributed by atoms with Gasteiger partial charge >= 0.3 is 0 Å². The summed E-state index contributed by atoms with van der Waals surface area (Å²) in [7, 11) is 1.80. The van der Waals surface area contributed by atoms with Crippen molar-refractivity contribution in [3.63, 3.8) is 0 Å². The van der Waals surface area contributed by atoms with Gasteiger partial charge < -0.3 is 4.90 Å². The molecule has 0 saturated carbocycles. The number of piperidine rings is 1. The summed E-state index contributed by atoms with van der Waals surface area (Å²) < 4.78 is 3.48. The highest BCUT2D eigenvalue weighted by atomic mass is 32.1. The standard InChI is InChI=1S/C20H20N6OS/c1-24-16(8-9-21-24)20(27)25-10-2-4-15(12-25)19-22-18-7-6-14(13-26(18)23-19)17-5-3-11-28-17/h3,5-9,11,13,15H,2,4,10,12H2,1H3. The van der Waals surface area contributed by atoms with Gasteiger partial charge in [-0.3, -0.25) is 9.48 Å². The number of fused-ring (bicyclic) bond motifs is 1. The Morgan fingerprint density at radius 1 is 1.25 bits per heavy atom. The number of nitrogens with zero attached hydrogens (tertiary/aromatic N) is 6. The molecule has 4 aromatic heterocycles. The quantitative estimate of drug-likeness (QED) is 0.537. The molecule has 4 aromatic rings. The first-order valence-corrected chi connectivity index (χ1v) is 10.2. The van der Waals surface area contributed by atoms with E-state index in [0.717, 1.165) is 36.4 Å². The molecule has 1 aliphatic heterocycles. The van der Waals surface area contributed by atoms with Gasteiger partial charge in [-0.25, -0.2) is 9.50 Å². The largest absolute Gasteiger partial charge is 0.337 e. The minimum absolute atomic E-state index is 0.0217. The highest BCUT2D eigenvalue weighted by molar-refractivity contribution is 7.13. The fourth-order valence-corrected chi connectivity index (χ4v) is 4.50. The van der Waals surface area contributed by atoms with Gasteiger partial charge in [0.05, 0.1) is 0 Å². The number of hydrogen-bond donors (Lipinski definition) is 0. The summed E-state index contributed by atoms with van der Waals surface area (Å²) in [5, 5.41) is 10.9. The second-order valence-electron chi connectivity index (χ2n) is 7.10. The third-order valence-electron chi connectivity index (χ3n) is 5.27. The number of hydrogen-bond acceptors (Lipinski definition) is 5. The SMILES string of the molecule is Cn1nccc1C(=O)N1CCCC(c2nc3ccc(-c4cccs4)cn3n2)C1. The molecule has 28 heavy (non-hydrogen) atoms. The Labute approximate surface area is 166 Å². The van der Waals surface area contributed by atoms with Crippen LogP contribution in [0.5, 0.6) is 0 Å². The molecular weight excluding hydrogens is 372 g/mol. The number of aryl methyl sites for hydroxylation is 1. The summed E-state index contributed by atoms with van der Waals surface area (Å²) in [6, 6.07) is 10.0. The second-order valence-corrected chi connectivity index (χ2v) is 8.05. The van der Waals surface area contributed by atoms with E-state index in [9.17, 15) is 4.79 Å². The molecule has 0 aromatic carbocycles. The Balaban J connectivity index is 1.40. The summed E-state index contributed by atoms with van der Waals surface area (Å²) in [6.07, 6.45) is 5.62. The molecule has 1 saturated heterocycles. The van der Waals surface area contributed by atoms with Crippen LogP contribution in [-0.2, 0) is 7.05 Å². The van der Waals surface area contributed by atoms with E-state index >= 15 is 0 Å². The van der Waals surface area contributed by atoms with Crippen LogP contribution in [0.25, 0.3) is 16.1 Å². The molecule has 8 heteroatoms. The van der Waals surface area contributed by atoms with Gasteiger partial charge in [-0.2, -0.15) is 10.2 Å². The van der Waals surface area contributed by atoms with Crippen molar-refractivity contribution in [3.8, 4) is 10.4 Å². The van der Waals surface area contributed by atoms with Crippen molar-refractivity contribution in [3.05, 3.63) is 59.6 Å². The highest BCUT2D eigenvalue weighted by Gasteiger charge is 2.29. The molecule has 5 rings (SSSR count). The third kappa shape index (κ3) is 2.99. The molecule has 7 nitrogen and oxygen atoms in total. The summed E-state index contributed by atoms with van der Waals surface area (Å²) in [5.41, 5.74) is 2.59. The second kappa shape index (κ2) is 6.87. The average Bonchev–Trinajstić information content (AvgIpc) is 3.47. The Morgan fingerprint density at radius 3 is 2.96 bits per heavy atom. The summed E-state index contributed by atoms with van der Waals surface area (Å²) in [4.78, 5) is 20.7.